The van der Waals surface area contributed by atoms with Crippen LogP contribution in [0.25, 0.3) is 21.9 Å². The average molecular weight is 347 g/mol. The number of hydrogen-bond donors (Lipinski definition) is 2. The van der Waals surface area contributed by atoms with Gasteiger partial charge in [-0.15, -0.1) is 0 Å². The summed E-state index contributed by atoms with van der Waals surface area (Å²) in [7, 11) is 0. The number of carboxylic acids is 1. The van der Waals surface area contributed by atoms with Gasteiger partial charge in [-0.25, -0.2) is 4.79 Å². The molecule has 0 saturated carbocycles. The highest BCUT2D eigenvalue weighted by Gasteiger charge is 2.15. The zero-order valence-corrected chi connectivity index (χ0v) is 13.5. The first-order valence-corrected chi connectivity index (χ1v) is 7.85. The van der Waals surface area contributed by atoms with E-state index >= 15 is 0 Å². The van der Waals surface area contributed by atoms with Crippen LogP contribution in [0.3, 0.4) is 0 Å². The molecule has 0 aliphatic heterocycles. The molecule has 3 heterocycles. The molecule has 1 aromatic carbocycles. The molecule has 0 spiro atoms. The van der Waals surface area contributed by atoms with Gasteiger partial charge >= 0.3 is 5.97 Å². The van der Waals surface area contributed by atoms with Crippen LogP contribution in [0.5, 0.6) is 0 Å². The lowest BCUT2D eigenvalue weighted by Crippen LogP contribution is -2.23. The molecule has 128 valence electrons. The van der Waals surface area contributed by atoms with Gasteiger partial charge in [0.15, 0.2) is 0 Å². The monoisotopic (exact) mass is 347 g/mol. The number of furan rings is 1. The summed E-state index contributed by atoms with van der Waals surface area (Å²) >= 11 is 0. The number of rotatable bonds is 4. The number of carboxylic acid groups (broad SMARTS) is 1. The Bertz CT molecular complexity index is 1140. The second kappa shape index (κ2) is 6.29. The van der Waals surface area contributed by atoms with Crippen molar-refractivity contribution in [3.8, 4) is 0 Å². The number of amides is 1. The summed E-state index contributed by atoms with van der Waals surface area (Å²) in [5.41, 5.74) is 1.31. The molecule has 0 unspecified atom stereocenters. The van der Waals surface area contributed by atoms with E-state index < -0.39 is 5.97 Å². The third-order valence-electron chi connectivity index (χ3n) is 4.00. The van der Waals surface area contributed by atoms with E-state index in [9.17, 15) is 14.7 Å². The van der Waals surface area contributed by atoms with Crippen molar-refractivity contribution in [2.75, 3.05) is 0 Å². The molecule has 0 bridgehead atoms. The van der Waals surface area contributed by atoms with Crippen molar-refractivity contribution < 1.29 is 19.1 Å². The van der Waals surface area contributed by atoms with E-state index in [1.807, 2.05) is 6.07 Å². The van der Waals surface area contributed by atoms with Crippen LogP contribution >= 0.6 is 0 Å². The standard InChI is InChI=1S/C19H13N3O4/c23-18(15-10-20-8-12-4-2-6-21-16(12)15)22-9-13-7-11-3-1-5-14(19(24)25)17(11)26-13/h1-8,10H,9H2,(H,22,23)(H,24,25). The summed E-state index contributed by atoms with van der Waals surface area (Å²) in [6.07, 6.45) is 4.73. The molecule has 0 atom stereocenters. The first-order valence-electron chi connectivity index (χ1n) is 7.85. The number of pyridine rings is 2. The van der Waals surface area contributed by atoms with Crippen LogP contribution in [0, 0.1) is 0 Å². The van der Waals surface area contributed by atoms with Gasteiger partial charge in [0, 0.05) is 29.4 Å². The number of para-hydroxylation sites is 1. The van der Waals surface area contributed by atoms with E-state index in [1.54, 1.807) is 36.7 Å². The van der Waals surface area contributed by atoms with E-state index in [0.29, 0.717) is 22.2 Å². The molecule has 4 rings (SSSR count). The van der Waals surface area contributed by atoms with E-state index in [1.165, 1.54) is 12.3 Å². The maximum absolute atomic E-state index is 12.5. The van der Waals surface area contributed by atoms with Crippen molar-refractivity contribution >= 4 is 33.7 Å². The molecule has 7 nitrogen and oxygen atoms in total. The van der Waals surface area contributed by atoms with Crippen LogP contribution in [-0.2, 0) is 6.54 Å². The number of aromatic carboxylic acids is 1. The van der Waals surface area contributed by atoms with E-state index in [4.69, 9.17) is 4.42 Å². The Labute approximate surface area is 147 Å². The summed E-state index contributed by atoms with van der Waals surface area (Å²) in [5, 5.41) is 13.4. The van der Waals surface area contributed by atoms with Crippen molar-refractivity contribution in [3.05, 3.63) is 71.9 Å². The maximum atomic E-state index is 12.5. The van der Waals surface area contributed by atoms with Crippen molar-refractivity contribution in [2.45, 2.75) is 6.54 Å². The van der Waals surface area contributed by atoms with E-state index in [-0.39, 0.29) is 23.6 Å². The summed E-state index contributed by atoms with van der Waals surface area (Å²) in [5.74, 6) is -0.933. The van der Waals surface area contributed by atoms with Crippen molar-refractivity contribution in [1.29, 1.82) is 0 Å². The fourth-order valence-electron chi connectivity index (χ4n) is 2.80. The number of fused-ring (bicyclic) bond motifs is 2. The Morgan fingerprint density at radius 1 is 1.08 bits per heavy atom. The smallest absolute Gasteiger partial charge is 0.339 e. The van der Waals surface area contributed by atoms with E-state index in [0.717, 1.165) is 5.39 Å². The predicted octanol–water partition coefficient (Wildman–Crippen LogP) is 3.00. The summed E-state index contributed by atoms with van der Waals surface area (Å²) in [4.78, 5) is 32.1. The number of benzene rings is 1. The van der Waals surface area contributed by atoms with Crippen LogP contribution in [0.2, 0.25) is 0 Å². The van der Waals surface area contributed by atoms with Crippen molar-refractivity contribution in [3.63, 3.8) is 0 Å². The molecule has 0 saturated heterocycles. The number of carbonyl (C=O) groups excluding carboxylic acids is 1. The van der Waals surface area contributed by atoms with Crippen molar-refractivity contribution in [2.24, 2.45) is 0 Å². The van der Waals surface area contributed by atoms with Gasteiger partial charge in [-0.3, -0.25) is 14.8 Å². The molecule has 2 N–H and O–H groups in total. The first-order chi connectivity index (χ1) is 12.6. The third-order valence-corrected chi connectivity index (χ3v) is 4.00. The van der Waals surface area contributed by atoms with Crippen LogP contribution in [0.4, 0.5) is 0 Å². The fourth-order valence-corrected chi connectivity index (χ4v) is 2.80. The Kier molecular flexibility index (Phi) is 3.81. The van der Waals surface area contributed by atoms with Gasteiger partial charge in [-0.1, -0.05) is 12.1 Å². The summed E-state index contributed by atoms with van der Waals surface area (Å²) in [6.45, 7) is 0.121. The zero-order chi connectivity index (χ0) is 18.1. The lowest BCUT2D eigenvalue weighted by Gasteiger charge is -2.05. The maximum Gasteiger partial charge on any atom is 0.339 e. The molecular formula is C19H13N3O4. The number of carbonyl (C=O) groups is 2. The highest BCUT2D eigenvalue weighted by atomic mass is 16.4. The second-order valence-electron chi connectivity index (χ2n) is 5.69. The Morgan fingerprint density at radius 3 is 2.77 bits per heavy atom. The Balaban J connectivity index is 1.59. The SMILES string of the molecule is O=C(NCc1cc2cccc(C(=O)O)c2o1)c1cncc2cccnc12. The number of nitrogens with one attached hydrogen (secondary N) is 1. The summed E-state index contributed by atoms with van der Waals surface area (Å²) in [6, 6.07) is 10.2. The largest absolute Gasteiger partial charge is 0.478 e. The minimum Gasteiger partial charge on any atom is -0.478 e. The fraction of sp³-hybridized carbons (Fsp3) is 0.0526. The lowest BCUT2D eigenvalue weighted by atomic mass is 10.1. The van der Waals surface area contributed by atoms with Gasteiger partial charge in [0.05, 0.1) is 17.6 Å². The Hall–Kier alpha value is -3.74. The molecule has 0 fully saturated rings. The van der Waals surface area contributed by atoms with Gasteiger partial charge in [-0.05, 0) is 24.3 Å². The second-order valence-corrected chi connectivity index (χ2v) is 5.69. The molecule has 0 aliphatic carbocycles. The van der Waals surface area contributed by atoms with Gasteiger partial charge < -0.3 is 14.8 Å². The molecule has 3 aromatic heterocycles. The normalized spacial score (nSPS) is 10.9. The van der Waals surface area contributed by atoms with Crippen LogP contribution in [-0.4, -0.2) is 27.0 Å². The van der Waals surface area contributed by atoms with Crippen molar-refractivity contribution in [1.82, 2.24) is 15.3 Å². The molecule has 26 heavy (non-hydrogen) atoms. The lowest BCUT2D eigenvalue weighted by molar-refractivity contribution is 0.0697. The van der Waals surface area contributed by atoms with Crippen LogP contribution in [0.1, 0.15) is 26.5 Å². The number of hydrogen-bond acceptors (Lipinski definition) is 5. The van der Waals surface area contributed by atoms with Gasteiger partial charge in [0.25, 0.3) is 5.91 Å². The molecule has 1 amide bonds. The topological polar surface area (TPSA) is 105 Å². The molecule has 0 radical (unpaired) electrons. The number of aromatic nitrogens is 2. The molecular weight excluding hydrogens is 334 g/mol. The highest BCUT2D eigenvalue weighted by molar-refractivity contribution is 6.05. The third kappa shape index (κ3) is 2.75. The summed E-state index contributed by atoms with van der Waals surface area (Å²) < 4.78 is 5.61. The molecule has 4 aromatic rings. The van der Waals surface area contributed by atoms with Crippen LogP contribution in [0.15, 0.2) is 59.4 Å². The first kappa shape index (κ1) is 15.8. The van der Waals surface area contributed by atoms with Gasteiger partial charge in [0.1, 0.15) is 16.9 Å². The minimum atomic E-state index is -1.06. The van der Waals surface area contributed by atoms with Crippen LogP contribution < -0.4 is 5.32 Å². The van der Waals surface area contributed by atoms with E-state index in [2.05, 4.69) is 15.3 Å². The Morgan fingerprint density at radius 2 is 1.92 bits per heavy atom. The zero-order valence-electron chi connectivity index (χ0n) is 13.5. The minimum absolute atomic E-state index is 0.0857. The quantitative estimate of drug-likeness (QED) is 0.588. The molecule has 0 aliphatic rings. The molecule has 7 heteroatoms. The predicted molar refractivity (Wildman–Crippen MR) is 93.9 cm³/mol. The average Bonchev–Trinajstić information content (AvgIpc) is 3.08. The number of nitrogens with zero attached hydrogens (tertiary/aromatic N) is 2. The van der Waals surface area contributed by atoms with Gasteiger partial charge in [0.2, 0.25) is 0 Å². The highest BCUT2D eigenvalue weighted by Crippen LogP contribution is 2.23. The van der Waals surface area contributed by atoms with Gasteiger partial charge in [-0.2, -0.15) is 0 Å².